The lowest BCUT2D eigenvalue weighted by molar-refractivity contribution is -0.363. The van der Waals surface area contributed by atoms with Gasteiger partial charge in [0.25, 0.3) is 5.91 Å². The van der Waals surface area contributed by atoms with Crippen molar-refractivity contribution in [2.24, 2.45) is 16.7 Å². The molecule has 2 bridgehead atoms. The number of hydrogen-bond acceptors (Lipinski definition) is 13. The minimum Gasteiger partial charge on any atom is -0.456 e. The average Bonchev–Trinajstić information content (AvgIpc) is 3.35. The standard InChI is InChI=1S/C57H79NO13Si2/c1-14-73(15-2,16-3)70-41-32-42-56(34-66-42,69-36(5)59)47-49(68-51(63)39-30-24-19-25-31-39)57(65)33-40(35(4)43(54(57,9)10)45(60)48(61)55(41,47)11)67-52(64)46(71-72(12,13)53(6,7)8)44(37-26-20-17-21-27-37)58-50(62)38-28-22-18-23-29-38/h17-31,40-42,44-49,60-61,65H,14-16,32-34H2,1-13H3,(H,58,62)/t40-,41?,42+,44-,45-,46+,47-,48-,49-,55+,56-,57+/m0/s1. The summed E-state index contributed by atoms with van der Waals surface area (Å²) < 4.78 is 40.6. The number of esters is 3. The van der Waals surface area contributed by atoms with Crippen LogP contribution in [0, 0.1) is 16.7 Å². The Hall–Kier alpha value is -4.53. The molecule has 1 amide bonds. The molecule has 1 saturated heterocycles. The zero-order valence-corrected chi connectivity index (χ0v) is 47.0. The Bertz CT molecular complexity index is 2500. The van der Waals surface area contributed by atoms with Crippen LogP contribution in [-0.4, -0.2) is 116 Å². The van der Waals surface area contributed by atoms with E-state index in [1.807, 2.05) is 39.9 Å². The van der Waals surface area contributed by atoms with Crippen molar-refractivity contribution in [1.82, 2.24) is 5.32 Å². The van der Waals surface area contributed by atoms with E-state index >= 15 is 4.79 Å². The third kappa shape index (κ3) is 9.95. The van der Waals surface area contributed by atoms with Gasteiger partial charge in [-0.1, -0.05) is 129 Å². The quantitative estimate of drug-likeness (QED) is 0.0460. The molecule has 0 aromatic heterocycles. The number of hydrogen-bond donors (Lipinski definition) is 4. The molecule has 0 spiro atoms. The predicted octanol–water partition coefficient (Wildman–Crippen LogP) is 9.02. The Kier molecular flexibility index (Phi) is 16.1. The molecule has 3 aliphatic carbocycles. The van der Waals surface area contributed by atoms with E-state index in [9.17, 15) is 29.7 Å². The fourth-order valence-corrected chi connectivity index (χ4v) is 16.4. The molecule has 3 fully saturated rings. The van der Waals surface area contributed by atoms with Gasteiger partial charge < -0.3 is 48.4 Å². The lowest BCUT2D eigenvalue weighted by Gasteiger charge is -2.70. The molecule has 1 unspecified atom stereocenters. The van der Waals surface area contributed by atoms with Crippen molar-refractivity contribution < 1.29 is 62.3 Å². The molecule has 398 valence electrons. The smallest absolute Gasteiger partial charge is 0.338 e. The third-order valence-electron chi connectivity index (χ3n) is 17.9. The monoisotopic (exact) mass is 1040 g/mol. The van der Waals surface area contributed by atoms with Gasteiger partial charge in [-0.3, -0.25) is 9.59 Å². The number of carbonyl (C=O) groups is 4. The lowest BCUT2D eigenvalue weighted by Crippen LogP contribution is -2.82. The number of fused-ring (bicyclic) bond motifs is 5. The summed E-state index contributed by atoms with van der Waals surface area (Å²) in [5.41, 5.74) is -5.29. The maximum Gasteiger partial charge on any atom is 0.338 e. The third-order valence-corrected chi connectivity index (χ3v) is 27.1. The first-order valence-electron chi connectivity index (χ1n) is 26.0. The topological polar surface area (TPSA) is 196 Å². The fraction of sp³-hybridized carbons (Fsp3) is 0.579. The van der Waals surface area contributed by atoms with Crippen LogP contribution in [0.15, 0.2) is 102 Å². The molecule has 7 rings (SSSR count). The minimum atomic E-state index is -2.89. The van der Waals surface area contributed by atoms with Crippen molar-refractivity contribution in [3.05, 3.63) is 119 Å². The molecular weight excluding hydrogens is 963 g/mol. The number of rotatable bonds is 16. The van der Waals surface area contributed by atoms with E-state index in [-0.39, 0.29) is 30.6 Å². The average molecular weight is 1040 g/mol. The predicted molar refractivity (Wildman–Crippen MR) is 281 cm³/mol. The van der Waals surface area contributed by atoms with E-state index in [1.165, 1.54) is 6.92 Å². The molecule has 0 radical (unpaired) electrons. The van der Waals surface area contributed by atoms with Crippen LogP contribution in [0.4, 0.5) is 0 Å². The van der Waals surface area contributed by atoms with Crippen molar-refractivity contribution in [2.75, 3.05) is 6.61 Å². The molecular formula is C57H79NO13Si2. The first kappa shape index (κ1) is 56.2. The van der Waals surface area contributed by atoms with Crippen molar-refractivity contribution in [1.29, 1.82) is 0 Å². The van der Waals surface area contributed by atoms with Crippen LogP contribution in [0.5, 0.6) is 0 Å². The SMILES string of the molecule is CC[Si](CC)(CC)OC1C[C@H]2OC[C@@]2(OC(C)=O)[C@H]2[C@H](OC(=O)c3ccccc3)[C@]3(O)C[C@H](OC(=O)[C@H](O[Si](C)(C)C(C)(C)C)[C@@H](NC(=O)c4ccccc4)c4ccccc4)C(C)=C([C@H](O)[C@H](O)[C@]12C)C3(C)C. The van der Waals surface area contributed by atoms with Gasteiger partial charge >= 0.3 is 17.9 Å². The van der Waals surface area contributed by atoms with Gasteiger partial charge in [-0.25, -0.2) is 9.59 Å². The summed E-state index contributed by atoms with van der Waals surface area (Å²) in [7, 11) is -5.45. The van der Waals surface area contributed by atoms with Crippen LogP contribution in [0.25, 0.3) is 0 Å². The van der Waals surface area contributed by atoms with Crippen LogP contribution in [0.2, 0.25) is 36.3 Å². The van der Waals surface area contributed by atoms with E-state index < -0.39 is 122 Å². The van der Waals surface area contributed by atoms with E-state index in [1.54, 1.807) is 113 Å². The van der Waals surface area contributed by atoms with E-state index in [0.717, 1.165) is 18.1 Å². The van der Waals surface area contributed by atoms with Gasteiger partial charge in [0.2, 0.25) is 0 Å². The van der Waals surface area contributed by atoms with Gasteiger partial charge in [0.1, 0.15) is 30.0 Å². The first-order chi connectivity index (χ1) is 34.2. The van der Waals surface area contributed by atoms with Crippen molar-refractivity contribution in [3.8, 4) is 0 Å². The maximum absolute atomic E-state index is 15.6. The zero-order valence-electron chi connectivity index (χ0n) is 45.0. The number of aliphatic hydroxyl groups is 3. The van der Waals surface area contributed by atoms with Gasteiger partial charge in [0, 0.05) is 36.2 Å². The molecule has 4 N–H and O–H groups in total. The molecule has 1 heterocycles. The molecule has 1 aliphatic heterocycles. The van der Waals surface area contributed by atoms with Crippen LogP contribution in [-0.2, 0) is 37.4 Å². The zero-order chi connectivity index (χ0) is 53.7. The summed E-state index contributed by atoms with van der Waals surface area (Å²) in [6.45, 7) is 24.4. The van der Waals surface area contributed by atoms with E-state index in [0.29, 0.717) is 16.7 Å². The van der Waals surface area contributed by atoms with Gasteiger partial charge in [0.15, 0.2) is 28.3 Å². The number of benzene rings is 3. The van der Waals surface area contributed by atoms with Gasteiger partial charge in [-0.05, 0) is 84.2 Å². The summed E-state index contributed by atoms with van der Waals surface area (Å²) in [6.07, 6.45) is -9.67. The molecule has 3 aromatic carbocycles. The summed E-state index contributed by atoms with van der Waals surface area (Å²) >= 11 is 0. The normalized spacial score (nSPS) is 30.7. The van der Waals surface area contributed by atoms with Gasteiger partial charge in [-0.15, -0.1) is 0 Å². The Labute approximate surface area is 433 Å². The number of aliphatic hydroxyl groups excluding tert-OH is 2. The van der Waals surface area contributed by atoms with Crippen LogP contribution in [0.1, 0.15) is 121 Å². The summed E-state index contributed by atoms with van der Waals surface area (Å²) in [5.74, 6) is -4.04. The fourth-order valence-electron chi connectivity index (χ4n) is 12.2. The Morgan fingerprint density at radius 1 is 0.836 bits per heavy atom. The second kappa shape index (κ2) is 20.9. The van der Waals surface area contributed by atoms with Crippen LogP contribution < -0.4 is 5.32 Å². The highest BCUT2D eigenvalue weighted by Crippen LogP contribution is 2.66. The molecule has 14 nitrogen and oxygen atoms in total. The highest BCUT2D eigenvalue weighted by Gasteiger charge is 2.78. The molecule has 73 heavy (non-hydrogen) atoms. The highest BCUT2D eigenvalue weighted by molar-refractivity contribution is 6.74. The molecule has 2 saturated carbocycles. The van der Waals surface area contributed by atoms with Crippen LogP contribution in [0.3, 0.4) is 0 Å². The highest BCUT2D eigenvalue weighted by atomic mass is 28.4. The first-order valence-corrected chi connectivity index (χ1v) is 31.5. The maximum atomic E-state index is 15.6. The molecule has 3 aromatic rings. The van der Waals surface area contributed by atoms with Gasteiger partial charge in [0.05, 0.1) is 36.3 Å². The minimum absolute atomic E-state index is 0.164. The Morgan fingerprint density at radius 3 is 1.89 bits per heavy atom. The van der Waals surface area contributed by atoms with Crippen molar-refractivity contribution in [2.45, 2.75) is 185 Å². The Balaban J connectivity index is 1.44. The lowest BCUT2D eigenvalue weighted by atomic mass is 9.44. The largest absolute Gasteiger partial charge is 0.456 e. The van der Waals surface area contributed by atoms with Crippen LogP contribution >= 0.6 is 0 Å². The number of amides is 1. The number of ether oxygens (including phenoxy) is 4. The Morgan fingerprint density at radius 2 is 1.38 bits per heavy atom. The van der Waals surface area contributed by atoms with Gasteiger partial charge in [-0.2, -0.15) is 0 Å². The van der Waals surface area contributed by atoms with Crippen molar-refractivity contribution in [3.63, 3.8) is 0 Å². The molecule has 12 atom stereocenters. The summed E-state index contributed by atoms with van der Waals surface area (Å²) in [4.78, 5) is 58.0. The summed E-state index contributed by atoms with van der Waals surface area (Å²) in [5, 5.41) is 43.4. The number of carbonyl (C=O) groups excluding carboxylic acids is 4. The summed E-state index contributed by atoms with van der Waals surface area (Å²) in [6, 6.07) is 27.2. The second-order valence-electron chi connectivity index (χ2n) is 23.2. The van der Waals surface area contributed by atoms with E-state index in [2.05, 4.69) is 26.1 Å². The molecule has 4 aliphatic rings. The number of nitrogens with one attached hydrogen (secondary N) is 1. The van der Waals surface area contributed by atoms with E-state index in [4.69, 9.17) is 27.8 Å². The molecule has 16 heteroatoms. The second-order valence-corrected chi connectivity index (χ2v) is 32.6. The van der Waals surface area contributed by atoms with Crippen molar-refractivity contribution >= 4 is 40.4 Å².